The van der Waals surface area contributed by atoms with E-state index in [0.717, 1.165) is 17.0 Å². The predicted octanol–water partition coefficient (Wildman–Crippen LogP) is 4.06. The van der Waals surface area contributed by atoms with Gasteiger partial charge in [0.1, 0.15) is 5.75 Å². The van der Waals surface area contributed by atoms with Crippen LogP contribution in [-0.2, 0) is 0 Å². The molecule has 0 fully saturated rings. The highest BCUT2D eigenvalue weighted by Gasteiger charge is 2.00. The van der Waals surface area contributed by atoms with Crippen molar-refractivity contribution >= 4 is 17.8 Å². The molecule has 98 valence electrons. The summed E-state index contributed by atoms with van der Waals surface area (Å²) in [4.78, 5) is 0. The topological polar surface area (TPSA) is 35.2 Å². The van der Waals surface area contributed by atoms with E-state index in [2.05, 4.69) is 38.1 Å². The minimum absolute atomic E-state index is 0.753. The van der Waals surface area contributed by atoms with Crippen molar-refractivity contribution in [2.45, 2.75) is 13.8 Å². The molecular formula is C17H19NO. The third-order valence-electron chi connectivity index (χ3n) is 3.27. The van der Waals surface area contributed by atoms with Gasteiger partial charge in [-0.1, -0.05) is 30.4 Å². The molecule has 2 nitrogen and oxygen atoms in total. The van der Waals surface area contributed by atoms with Crippen molar-refractivity contribution in [2.75, 3.05) is 12.8 Å². The molecule has 0 unspecified atom stereocenters. The van der Waals surface area contributed by atoms with Gasteiger partial charge in [-0.3, -0.25) is 0 Å². The summed E-state index contributed by atoms with van der Waals surface area (Å²) >= 11 is 0. The normalized spacial score (nSPS) is 10.9. The molecule has 0 saturated carbocycles. The van der Waals surface area contributed by atoms with Crippen LogP contribution in [0.3, 0.4) is 0 Å². The van der Waals surface area contributed by atoms with Gasteiger partial charge in [0.2, 0.25) is 0 Å². The van der Waals surface area contributed by atoms with E-state index in [4.69, 9.17) is 10.5 Å². The largest absolute Gasteiger partial charge is 0.497 e. The number of hydrogen-bond donors (Lipinski definition) is 1. The smallest absolute Gasteiger partial charge is 0.119 e. The lowest BCUT2D eigenvalue weighted by atomic mass is 10.0. The number of ether oxygens (including phenoxy) is 1. The molecule has 0 amide bonds. The molecule has 0 aliphatic heterocycles. The van der Waals surface area contributed by atoms with Crippen LogP contribution in [0, 0.1) is 13.8 Å². The Morgan fingerprint density at radius 2 is 1.68 bits per heavy atom. The fourth-order valence-corrected chi connectivity index (χ4v) is 2.09. The summed E-state index contributed by atoms with van der Waals surface area (Å²) in [6.45, 7) is 4.23. The second kappa shape index (κ2) is 5.61. The van der Waals surface area contributed by atoms with E-state index in [9.17, 15) is 0 Å². The lowest BCUT2D eigenvalue weighted by Gasteiger charge is -2.06. The van der Waals surface area contributed by atoms with Gasteiger partial charge in [-0.15, -0.1) is 0 Å². The first kappa shape index (κ1) is 13.2. The monoisotopic (exact) mass is 253 g/mol. The number of aryl methyl sites for hydroxylation is 2. The number of anilines is 1. The number of nitrogens with two attached hydrogens (primary N) is 1. The van der Waals surface area contributed by atoms with Crippen LogP contribution in [0.4, 0.5) is 5.69 Å². The van der Waals surface area contributed by atoms with Crippen molar-refractivity contribution in [3.63, 3.8) is 0 Å². The summed E-state index contributed by atoms with van der Waals surface area (Å²) in [5.41, 5.74) is 11.5. The second-order valence-electron chi connectivity index (χ2n) is 4.63. The molecule has 2 N–H and O–H groups in total. The van der Waals surface area contributed by atoms with Gasteiger partial charge in [-0.05, 0) is 48.7 Å². The van der Waals surface area contributed by atoms with Crippen LogP contribution in [0.15, 0.2) is 36.4 Å². The van der Waals surface area contributed by atoms with Gasteiger partial charge < -0.3 is 10.5 Å². The first-order valence-corrected chi connectivity index (χ1v) is 6.29. The molecule has 0 aromatic heterocycles. The third kappa shape index (κ3) is 2.97. The number of methoxy groups -OCH3 is 1. The van der Waals surface area contributed by atoms with Gasteiger partial charge >= 0.3 is 0 Å². The summed E-state index contributed by atoms with van der Waals surface area (Å²) in [5, 5.41) is 0. The Hall–Kier alpha value is -2.22. The fourth-order valence-electron chi connectivity index (χ4n) is 2.09. The molecule has 0 atom stereocenters. The molecule has 0 saturated heterocycles. The van der Waals surface area contributed by atoms with E-state index in [0.29, 0.717) is 0 Å². The van der Waals surface area contributed by atoms with Gasteiger partial charge in [-0.25, -0.2) is 0 Å². The van der Waals surface area contributed by atoms with Gasteiger partial charge in [-0.2, -0.15) is 0 Å². The SMILES string of the molecule is COc1ccc(N)c(/C=C/c2c(C)cccc2C)c1. The Bertz CT molecular complexity index is 594. The van der Waals surface area contributed by atoms with Gasteiger partial charge in [0.15, 0.2) is 0 Å². The van der Waals surface area contributed by atoms with E-state index in [1.54, 1.807) is 7.11 Å². The first-order chi connectivity index (χ1) is 9.11. The van der Waals surface area contributed by atoms with Crippen LogP contribution >= 0.6 is 0 Å². The Balaban J connectivity index is 2.37. The molecule has 2 aromatic rings. The molecule has 19 heavy (non-hydrogen) atoms. The van der Waals surface area contributed by atoms with Crippen molar-refractivity contribution in [1.82, 2.24) is 0 Å². The van der Waals surface area contributed by atoms with Crippen LogP contribution in [0.2, 0.25) is 0 Å². The molecule has 0 radical (unpaired) electrons. The van der Waals surface area contributed by atoms with Crippen LogP contribution in [-0.4, -0.2) is 7.11 Å². The summed E-state index contributed by atoms with van der Waals surface area (Å²) in [7, 11) is 1.66. The zero-order valence-corrected chi connectivity index (χ0v) is 11.6. The quantitative estimate of drug-likeness (QED) is 0.661. The lowest BCUT2D eigenvalue weighted by molar-refractivity contribution is 0.415. The van der Waals surface area contributed by atoms with Crippen molar-refractivity contribution in [2.24, 2.45) is 0 Å². The first-order valence-electron chi connectivity index (χ1n) is 6.29. The Morgan fingerprint density at radius 1 is 1.00 bits per heavy atom. The van der Waals surface area contributed by atoms with Gasteiger partial charge in [0, 0.05) is 11.3 Å². The molecular weight excluding hydrogens is 234 g/mol. The maximum absolute atomic E-state index is 5.98. The van der Waals surface area contributed by atoms with E-state index < -0.39 is 0 Å². The van der Waals surface area contributed by atoms with Gasteiger partial charge in [0.25, 0.3) is 0 Å². The maximum atomic E-state index is 5.98. The Labute approximate surface area is 114 Å². The summed E-state index contributed by atoms with van der Waals surface area (Å²) in [6.07, 6.45) is 4.14. The fraction of sp³-hybridized carbons (Fsp3) is 0.176. The average molecular weight is 253 g/mol. The van der Waals surface area contributed by atoms with Crippen LogP contribution in [0.1, 0.15) is 22.3 Å². The number of benzene rings is 2. The molecule has 2 rings (SSSR count). The van der Waals surface area contributed by atoms with E-state index >= 15 is 0 Å². The maximum Gasteiger partial charge on any atom is 0.119 e. The third-order valence-corrected chi connectivity index (χ3v) is 3.27. The van der Waals surface area contributed by atoms with Crippen LogP contribution < -0.4 is 10.5 Å². The number of rotatable bonds is 3. The van der Waals surface area contributed by atoms with Crippen molar-refractivity contribution in [3.05, 3.63) is 58.7 Å². The minimum Gasteiger partial charge on any atom is -0.497 e. The zero-order valence-electron chi connectivity index (χ0n) is 11.6. The van der Waals surface area contributed by atoms with Crippen LogP contribution in [0.25, 0.3) is 12.2 Å². The number of hydrogen-bond acceptors (Lipinski definition) is 2. The molecule has 0 aliphatic carbocycles. The van der Waals surface area contributed by atoms with E-state index in [1.165, 1.54) is 16.7 Å². The van der Waals surface area contributed by atoms with E-state index in [1.807, 2.05) is 24.3 Å². The van der Waals surface area contributed by atoms with Gasteiger partial charge in [0.05, 0.1) is 7.11 Å². The highest BCUT2D eigenvalue weighted by atomic mass is 16.5. The standard InChI is InChI=1S/C17H19NO/c1-12-5-4-6-13(2)16(12)9-7-14-11-15(19-3)8-10-17(14)18/h4-11H,18H2,1-3H3/b9-7+. The predicted molar refractivity (Wildman–Crippen MR) is 82.3 cm³/mol. The average Bonchev–Trinajstić information content (AvgIpc) is 2.40. The molecule has 0 spiro atoms. The Kier molecular flexibility index (Phi) is 3.91. The van der Waals surface area contributed by atoms with Crippen molar-refractivity contribution < 1.29 is 4.74 Å². The van der Waals surface area contributed by atoms with Crippen molar-refractivity contribution in [3.8, 4) is 5.75 Å². The summed E-state index contributed by atoms with van der Waals surface area (Å²) < 4.78 is 5.22. The highest BCUT2D eigenvalue weighted by Crippen LogP contribution is 2.23. The van der Waals surface area contributed by atoms with Crippen LogP contribution in [0.5, 0.6) is 5.75 Å². The molecule has 0 heterocycles. The number of nitrogen functional groups attached to an aromatic ring is 1. The molecule has 0 bridgehead atoms. The molecule has 2 heteroatoms. The molecule has 0 aliphatic rings. The second-order valence-corrected chi connectivity index (χ2v) is 4.63. The summed E-state index contributed by atoms with van der Waals surface area (Å²) in [6, 6.07) is 12.0. The summed E-state index contributed by atoms with van der Waals surface area (Å²) in [5.74, 6) is 0.815. The van der Waals surface area contributed by atoms with Crippen molar-refractivity contribution in [1.29, 1.82) is 0 Å². The lowest BCUT2D eigenvalue weighted by Crippen LogP contribution is -1.91. The molecule has 2 aromatic carbocycles. The highest BCUT2D eigenvalue weighted by molar-refractivity contribution is 5.78. The Morgan fingerprint density at radius 3 is 2.32 bits per heavy atom. The minimum atomic E-state index is 0.753. The zero-order chi connectivity index (χ0) is 13.8. The van der Waals surface area contributed by atoms with E-state index in [-0.39, 0.29) is 0 Å².